The summed E-state index contributed by atoms with van der Waals surface area (Å²) in [5.41, 5.74) is 4.86. The maximum absolute atomic E-state index is 12.2. The van der Waals surface area contributed by atoms with Crippen molar-refractivity contribution in [2.24, 2.45) is 11.5 Å². The summed E-state index contributed by atoms with van der Waals surface area (Å²) >= 11 is 0. The molecule has 0 heterocycles. The van der Waals surface area contributed by atoms with E-state index in [0.717, 1.165) is 24.3 Å². The Hall–Kier alpha value is -5.27. The summed E-state index contributed by atoms with van der Waals surface area (Å²) in [6.45, 7) is 0. The molecule has 0 aliphatic rings. The Morgan fingerprint density at radius 3 is 1.09 bits per heavy atom. The molecule has 0 aromatic heterocycles. The maximum atomic E-state index is 12.2. The van der Waals surface area contributed by atoms with E-state index in [9.17, 15) is 28.8 Å². The van der Waals surface area contributed by atoms with Gasteiger partial charge in [0.1, 0.15) is 0 Å². The molecule has 0 atom stereocenters. The van der Waals surface area contributed by atoms with Gasteiger partial charge in [0.2, 0.25) is 0 Å². The molecule has 2 aromatic rings. The molecule has 0 spiro atoms. The first-order valence-corrected chi connectivity index (χ1v) is 8.28. The van der Waals surface area contributed by atoms with E-state index in [4.69, 9.17) is 25.2 Å². The number of carbonyl (C=O) groups excluding carboxylic acids is 3. The second-order valence-electron chi connectivity index (χ2n) is 5.82. The zero-order valence-electron chi connectivity index (χ0n) is 16.2. The Kier molecular flexibility index (Phi) is 8.33. The summed E-state index contributed by atoms with van der Waals surface area (Å²) in [5.74, 6) is -9.17. The Morgan fingerprint density at radius 2 is 0.848 bits per heavy atom. The van der Waals surface area contributed by atoms with Gasteiger partial charge in [0.15, 0.2) is 0 Å². The zero-order valence-corrected chi connectivity index (χ0v) is 16.2. The molecule has 0 aliphatic carbocycles. The molecule has 2 amide bonds. The molecule has 0 saturated heterocycles. The second kappa shape index (κ2) is 10.7. The van der Waals surface area contributed by atoms with Crippen LogP contribution in [0.1, 0.15) is 62.1 Å². The first-order chi connectivity index (χ1) is 15.3. The third-order valence-corrected chi connectivity index (χ3v) is 3.62. The highest BCUT2D eigenvalue weighted by Gasteiger charge is 2.26. The van der Waals surface area contributed by atoms with Crippen molar-refractivity contribution in [3.63, 3.8) is 0 Å². The quantitative estimate of drug-likeness (QED) is 0.253. The van der Waals surface area contributed by atoms with E-state index in [1.54, 1.807) is 0 Å². The fraction of sp³-hybridized carbons (Fsp3) is 0. The third-order valence-electron chi connectivity index (χ3n) is 3.62. The monoisotopic (exact) mass is 462 g/mol. The number of hydrogen-bond acceptors (Lipinski definition) is 8. The average molecular weight is 462 g/mol. The summed E-state index contributed by atoms with van der Waals surface area (Å²) in [5, 5.41) is 36.1. The number of benzene rings is 2. The van der Waals surface area contributed by atoms with Crippen molar-refractivity contribution in [2.75, 3.05) is 0 Å². The highest BCUT2D eigenvalue weighted by Crippen LogP contribution is 2.18. The number of carbonyl (C=O) groups is 7. The van der Waals surface area contributed by atoms with Crippen LogP contribution in [0.25, 0.3) is 0 Å². The molecule has 2 aromatic carbocycles. The van der Waals surface area contributed by atoms with Crippen LogP contribution < -0.4 is 11.5 Å². The maximum Gasteiger partial charge on any atom is 0.346 e. The van der Waals surface area contributed by atoms with Crippen molar-refractivity contribution in [3.05, 3.63) is 69.8 Å². The topological polar surface area (TPSA) is 262 Å². The highest BCUT2D eigenvalue weighted by atomic mass is 16.6. The van der Waals surface area contributed by atoms with E-state index in [-0.39, 0.29) is 0 Å². The lowest BCUT2D eigenvalue weighted by Gasteiger charge is -2.09. The summed E-state index contributed by atoms with van der Waals surface area (Å²) in [6, 6.07) is 4.04. The van der Waals surface area contributed by atoms with Gasteiger partial charge in [-0.1, -0.05) is 0 Å². The molecular weight excluding hydrogens is 448 g/mol. The van der Waals surface area contributed by atoms with E-state index < -0.39 is 75.2 Å². The molecule has 0 saturated carbocycles. The Morgan fingerprint density at radius 1 is 0.545 bits per heavy atom. The molecule has 172 valence electrons. The van der Waals surface area contributed by atoms with Crippen LogP contribution in [0.3, 0.4) is 0 Å². The van der Waals surface area contributed by atoms with Gasteiger partial charge in [0, 0.05) is 0 Å². The number of amides is 2. The largest absolute Gasteiger partial charge is 0.478 e. The number of primary amides is 2. The fourth-order valence-corrected chi connectivity index (χ4v) is 2.26. The fourth-order valence-electron chi connectivity index (χ4n) is 2.26. The van der Waals surface area contributed by atoms with E-state index in [2.05, 4.69) is 16.2 Å². The molecule has 0 aliphatic heterocycles. The number of ether oxygens (including phenoxy) is 1. The number of carboxylic acid groups (broad SMARTS) is 4. The Balaban J connectivity index is 0.00000125. The van der Waals surface area contributed by atoms with Crippen LogP contribution >= 0.6 is 0 Å². The number of aromatic carboxylic acids is 4. The van der Waals surface area contributed by atoms with Crippen molar-refractivity contribution in [2.45, 2.75) is 0 Å². The van der Waals surface area contributed by atoms with Crippen LogP contribution in [0.2, 0.25) is 0 Å². The van der Waals surface area contributed by atoms with Gasteiger partial charge in [-0.25, -0.2) is 33.6 Å². The molecule has 0 fully saturated rings. The van der Waals surface area contributed by atoms with Gasteiger partial charge in [-0.2, -0.15) is 0 Å². The summed E-state index contributed by atoms with van der Waals surface area (Å²) in [6.07, 6.45) is 0. The minimum Gasteiger partial charge on any atom is -0.478 e. The smallest absolute Gasteiger partial charge is 0.346 e. The lowest BCUT2D eigenvalue weighted by Crippen LogP contribution is -2.19. The van der Waals surface area contributed by atoms with Gasteiger partial charge in [-0.15, -0.1) is 0 Å². The van der Waals surface area contributed by atoms with Gasteiger partial charge >= 0.3 is 41.8 Å². The second-order valence-corrected chi connectivity index (χ2v) is 5.82. The van der Waals surface area contributed by atoms with Gasteiger partial charge in [0.25, 0.3) is 0 Å². The average Bonchev–Trinajstić information content (AvgIpc) is 2.71. The predicted octanol–water partition coefficient (Wildman–Crippen LogP) is 0.500. The van der Waals surface area contributed by atoms with E-state index in [1.807, 2.05) is 0 Å². The van der Waals surface area contributed by atoms with Crippen LogP contribution in [0, 0.1) is 0 Å². The summed E-state index contributed by atoms with van der Waals surface area (Å²) in [4.78, 5) is 77.8. The number of nitrogens with two attached hydrogens (primary N) is 2. The van der Waals surface area contributed by atoms with Crippen molar-refractivity contribution in [1.82, 2.24) is 0 Å². The first kappa shape index (κ1) is 25.8. The van der Waals surface area contributed by atoms with Gasteiger partial charge in [-0.3, -0.25) is 0 Å². The summed E-state index contributed by atoms with van der Waals surface area (Å²) in [7, 11) is 0. The number of hydrogen-bond donors (Lipinski definition) is 6. The molecule has 0 bridgehead atoms. The van der Waals surface area contributed by atoms with Crippen LogP contribution in [0.15, 0.2) is 36.4 Å². The van der Waals surface area contributed by atoms with Gasteiger partial charge in [-0.05, 0) is 36.4 Å². The lowest BCUT2D eigenvalue weighted by atomic mass is 10.0. The molecular formula is C19H14N2O12. The van der Waals surface area contributed by atoms with E-state index >= 15 is 0 Å². The number of urea groups is 1. The molecule has 14 nitrogen and oxygen atoms in total. The van der Waals surface area contributed by atoms with Crippen LogP contribution in [0.4, 0.5) is 4.79 Å². The molecule has 8 N–H and O–H groups in total. The molecule has 0 unspecified atom stereocenters. The number of carboxylic acids is 4. The molecule has 2 rings (SSSR count). The van der Waals surface area contributed by atoms with Crippen LogP contribution in [0.5, 0.6) is 0 Å². The van der Waals surface area contributed by atoms with Crippen molar-refractivity contribution < 1.29 is 58.7 Å². The highest BCUT2D eigenvalue weighted by molar-refractivity contribution is 6.11. The Labute approximate surface area is 182 Å². The minimum absolute atomic E-state index is 0.428. The summed E-state index contributed by atoms with van der Waals surface area (Å²) < 4.78 is 4.51. The van der Waals surface area contributed by atoms with Crippen molar-refractivity contribution >= 4 is 41.8 Å². The zero-order chi connectivity index (χ0) is 25.5. The van der Waals surface area contributed by atoms with E-state index in [0.29, 0.717) is 12.1 Å². The van der Waals surface area contributed by atoms with E-state index in [1.165, 1.54) is 0 Å². The van der Waals surface area contributed by atoms with Crippen LogP contribution in [-0.2, 0) is 4.74 Å². The lowest BCUT2D eigenvalue weighted by molar-refractivity contribution is 0.0385. The molecule has 0 radical (unpaired) electrons. The number of esters is 2. The molecule has 33 heavy (non-hydrogen) atoms. The Bertz CT molecular complexity index is 1100. The first-order valence-electron chi connectivity index (χ1n) is 8.28. The van der Waals surface area contributed by atoms with Crippen molar-refractivity contribution in [3.8, 4) is 0 Å². The molecule has 14 heteroatoms. The minimum atomic E-state index is -1.66. The standard InChI is InChI=1S/C18H10O11.CH4N2O/c19-13(20)7-1-3-9(11(5-7)15(23)24)17(27)29-18(28)10-4-2-8(14(21)22)6-12(10)16(25)26;2-1(3)4/h1-6H,(H,19,20)(H,21,22)(H,23,24)(H,25,26);(H4,2,3,4). The normalized spacial score (nSPS) is 9.58. The van der Waals surface area contributed by atoms with Crippen LogP contribution in [-0.4, -0.2) is 62.3 Å². The van der Waals surface area contributed by atoms with Gasteiger partial charge in [0.05, 0.1) is 33.4 Å². The SMILES string of the molecule is NC(N)=O.O=C(O)c1ccc(C(=O)OC(=O)c2ccc(C(=O)O)cc2C(=O)O)c(C(=O)O)c1. The number of rotatable bonds is 6. The van der Waals surface area contributed by atoms with Crippen molar-refractivity contribution in [1.29, 1.82) is 0 Å². The predicted molar refractivity (Wildman–Crippen MR) is 104 cm³/mol. The third kappa shape index (κ3) is 6.88. The van der Waals surface area contributed by atoms with Gasteiger partial charge < -0.3 is 36.6 Å².